The van der Waals surface area contributed by atoms with Crippen molar-refractivity contribution in [3.05, 3.63) is 77.7 Å². The molecule has 1 amide bonds. The van der Waals surface area contributed by atoms with Crippen LogP contribution in [0, 0.1) is 5.82 Å². The molecule has 1 aliphatic heterocycles. The highest BCUT2D eigenvalue weighted by Crippen LogP contribution is 2.25. The fourth-order valence-corrected chi connectivity index (χ4v) is 3.56. The van der Waals surface area contributed by atoms with Crippen LogP contribution >= 0.6 is 0 Å². The highest BCUT2D eigenvalue weighted by Gasteiger charge is 2.31. The lowest BCUT2D eigenvalue weighted by Crippen LogP contribution is -2.46. The Hall–Kier alpha value is -3.03. The number of nitrogens with zero attached hydrogens (tertiary/aromatic N) is 1. The lowest BCUT2D eigenvalue weighted by molar-refractivity contribution is -0.114. The topological polar surface area (TPSA) is 84.6 Å². The van der Waals surface area contributed by atoms with Gasteiger partial charge in [-0.3, -0.25) is 4.79 Å². The standard InChI is InChI=1S/C23H23FN2O4/c24-17-8-6-16(7-9-17)23(28)25-14-22-20(27)11-10-19(29-22)12-18-13-21(30-26-18)15-4-2-1-3-5-15/h1-9,13,19-20,22,27H,10-12,14H2,(H,25,28)/t19-,20-,22+/m0/s1. The second-order valence-corrected chi connectivity index (χ2v) is 7.41. The minimum absolute atomic E-state index is 0.130. The molecular weight excluding hydrogens is 387 g/mol. The van der Waals surface area contributed by atoms with E-state index in [4.69, 9.17) is 9.26 Å². The average Bonchev–Trinajstić information content (AvgIpc) is 3.23. The normalized spacial score (nSPS) is 21.3. The number of halogens is 1. The number of nitrogens with one attached hydrogen (secondary N) is 1. The lowest BCUT2D eigenvalue weighted by Gasteiger charge is -2.33. The first-order chi connectivity index (χ1) is 14.6. The third kappa shape index (κ3) is 4.93. The Morgan fingerprint density at radius 2 is 1.90 bits per heavy atom. The number of hydrogen-bond donors (Lipinski definition) is 2. The largest absolute Gasteiger partial charge is 0.390 e. The van der Waals surface area contributed by atoms with Gasteiger partial charge in [0.25, 0.3) is 5.91 Å². The number of ether oxygens (including phenoxy) is 1. The number of carbonyl (C=O) groups excluding carboxylic acids is 1. The van der Waals surface area contributed by atoms with Gasteiger partial charge in [0.05, 0.1) is 17.9 Å². The second-order valence-electron chi connectivity index (χ2n) is 7.41. The van der Waals surface area contributed by atoms with E-state index in [1.54, 1.807) is 0 Å². The smallest absolute Gasteiger partial charge is 0.251 e. The van der Waals surface area contributed by atoms with Crippen molar-refractivity contribution >= 4 is 5.91 Å². The number of aliphatic hydroxyl groups is 1. The van der Waals surface area contributed by atoms with Gasteiger partial charge in [-0.15, -0.1) is 0 Å². The van der Waals surface area contributed by atoms with Gasteiger partial charge in [0, 0.05) is 30.2 Å². The summed E-state index contributed by atoms with van der Waals surface area (Å²) in [5, 5.41) is 17.1. The van der Waals surface area contributed by atoms with Crippen LogP contribution in [0.5, 0.6) is 0 Å². The number of amides is 1. The van der Waals surface area contributed by atoms with Crippen LogP contribution in [-0.2, 0) is 11.2 Å². The number of benzene rings is 2. The maximum absolute atomic E-state index is 13.0. The van der Waals surface area contributed by atoms with Crippen molar-refractivity contribution in [3.8, 4) is 11.3 Å². The first kappa shape index (κ1) is 20.3. The molecule has 0 aliphatic carbocycles. The molecule has 2 N–H and O–H groups in total. The summed E-state index contributed by atoms with van der Waals surface area (Å²) in [6.07, 6.45) is 0.517. The molecule has 0 spiro atoms. The number of carbonyl (C=O) groups is 1. The van der Waals surface area contributed by atoms with E-state index < -0.39 is 18.0 Å². The van der Waals surface area contributed by atoms with E-state index in [2.05, 4.69) is 10.5 Å². The maximum atomic E-state index is 13.0. The molecule has 0 unspecified atom stereocenters. The average molecular weight is 410 g/mol. The Kier molecular flexibility index (Phi) is 6.21. The summed E-state index contributed by atoms with van der Waals surface area (Å²) >= 11 is 0. The molecule has 2 aromatic carbocycles. The predicted octanol–water partition coefficient (Wildman–Crippen LogP) is 3.36. The van der Waals surface area contributed by atoms with Crippen molar-refractivity contribution in [2.45, 2.75) is 37.6 Å². The molecule has 0 saturated carbocycles. The number of rotatable bonds is 6. The van der Waals surface area contributed by atoms with Crippen LogP contribution in [0.15, 0.2) is 65.2 Å². The Labute approximate surface area is 173 Å². The van der Waals surface area contributed by atoms with Gasteiger partial charge in [-0.25, -0.2) is 4.39 Å². The van der Waals surface area contributed by atoms with E-state index in [-0.39, 0.29) is 18.6 Å². The van der Waals surface area contributed by atoms with Gasteiger partial charge in [-0.2, -0.15) is 0 Å². The SMILES string of the molecule is O=C(NC[C@H]1O[C@H](Cc2cc(-c3ccccc3)on2)CC[C@@H]1O)c1ccc(F)cc1. The van der Waals surface area contributed by atoms with Gasteiger partial charge in [-0.1, -0.05) is 35.5 Å². The Bertz CT molecular complexity index is 974. The van der Waals surface area contributed by atoms with Crippen molar-refractivity contribution in [1.82, 2.24) is 10.5 Å². The van der Waals surface area contributed by atoms with Crippen LogP contribution in [0.4, 0.5) is 4.39 Å². The molecule has 3 aromatic rings. The first-order valence-corrected chi connectivity index (χ1v) is 9.97. The van der Waals surface area contributed by atoms with Gasteiger partial charge in [-0.05, 0) is 37.1 Å². The zero-order chi connectivity index (χ0) is 20.9. The zero-order valence-electron chi connectivity index (χ0n) is 16.3. The molecule has 4 rings (SSSR count). The molecule has 1 fully saturated rings. The van der Waals surface area contributed by atoms with Gasteiger partial charge in [0.1, 0.15) is 11.9 Å². The Morgan fingerprint density at radius 1 is 1.13 bits per heavy atom. The van der Waals surface area contributed by atoms with Crippen LogP contribution in [0.25, 0.3) is 11.3 Å². The van der Waals surface area contributed by atoms with Crippen molar-refractivity contribution in [2.75, 3.05) is 6.54 Å². The minimum Gasteiger partial charge on any atom is -0.390 e. The molecule has 1 saturated heterocycles. The van der Waals surface area contributed by atoms with Gasteiger partial charge in [0.15, 0.2) is 5.76 Å². The van der Waals surface area contributed by atoms with Crippen molar-refractivity contribution < 1.29 is 23.6 Å². The number of aliphatic hydroxyl groups excluding tert-OH is 1. The van der Waals surface area contributed by atoms with Crippen LogP contribution < -0.4 is 5.32 Å². The summed E-state index contributed by atoms with van der Waals surface area (Å²) in [4.78, 5) is 12.2. The van der Waals surface area contributed by atoms with Crippen LogP contribution in [0.2, 0.25) is 0 Å². The van der Waals surface area contributed by atoms with Gasteiger partial charge in [0.2, 0.25) is 0 Å². The van der Waals surface area contributed by atoms with E-state index in [9.17, 15) is 14.3 Å². The Morgan fingerprint density at radius 3 is 2.67 bits per heavy atom. The summed E-state index contributed by atoms with van der Waals surface area (Å²) in [7, 11) is 0. The molecule has 30 heavy (non-hydrogen) atoms. The fraction of sp³-hybridized carbons (Fsp3) is 0.304. The molecule has 6 nitrogen and oxygen atoms in total. The molecule has 156 valence electrons. The van der Waals surface area contributed by atoms with E-state index in [0.29, 0.717) is 30.6 Å². The van der Waals surface area contributed by atoms with Crippen molar-refractivity contribution in [2.24, 2.45) is 0 Å². The van der Waals surface area contributed by atoms with Crippen LogP contribution in [0.3, 0.4) is 0 Å². The molecule has 3 atom stereocenters. The number of aromatic nitrogens is 1. The van der Waals surface area contributed by atoms with Crippen LogP contribution in [-0.4, -0.2) is 41.0 Å². The summed E-state index contributed by atoms with van der Waals surface area (Å²) in [6.45, 7) is 0.169. The molecule has 1 aliphatic rings. The predicted molar refractivity (Wildman–Crippen MR) is 108 cm³/mol. The summed E-state index contributed by atoms with van der Waals surface area (Å²) < 4.78 is 24.5. The highest BCUT2D eigenvalue weighted by atomic mass is 19.1. The molecule has 0 radical (unpaired) electrons. The molecule has 1 aromatic heterocycles. The summed E-state index contributed by atoms with van der Waals surface area (Å²) in [5.41, 5.74) is 2.09. The monoisotopic (exact) mass is 410 g/mol. The molecule has 0 bridgehead atoms. The van der Waals surface area contributed by atoms with E-state index in [1.807, 2.05) is 36.4 Å². The zero-order valence-corrected chi connectivity index (χ0v) is 16.3. The van der Waals surface area contributed by atoms with Gasteiger partial charge < -0.3 is 19.7 Å². The summed E-state index contributed by atoms with van der Waals surface area (Å²) in [6, 6.07) is 16.9. The van der Waals surface area contributed by atoms with Crippen molar-refractivity contribution in [3.63, 3.8) is 0 Å². The lowest BCUT2D eigenvalue weighted by atomic mass is 9.98. The first-order valence-electron chi connectivity index (χ1n) is 9.97. The Balaban J connectivity index is 1.32. The van der Waals surface area contributed by atoms with E-state index in [1.165, 1.54) is 24.3 Å². The second kappa shape index (κ2) is 9.19. The number of hydrogen-bond acceptors (Lipinski definition) is 5. The van der Waals surface area contributed by atoms with E-state index in [0.717, 1.165) is 11.3 Å². The molecular formula is C23H23FN2O4. The van der Waals surface area contributed by atoms with Gasteiger partial charge >= 0.3 is 0 Å². The fourth-order valence-electron chi connectivity index (χ4n) is 3.56. The third-order valence-corrected chi connectivity index (χ3v) is 5.21. The van der Waals surface area contributed by atoms with Crippen LogP contribution in [0.1, 0.15) is 28.9 Å². The van der Waals surface area contributed by atoms with Crippen molar-refractivity contribution in [1.29, 1.82) is 0 Å². The third-order valence-electron chi connectivity index (χ3n) is 5.21. The molecule has 7 heteroatoms. The quantitative estimate of drug-likeness (QED) is 0.651. The maximum Gasteiger partial charge on any atom is 0.251 e. The van der Waals surface area contributed by atoms with E-state index >= 15 is 0 Å². The highest BCUT2D eigenvalue weighted by molar-refractivity contribution is 5.94. The molecule has 2 heterocycles. The summed E-state index contributed by atoms with van der Waals surface area (Å²) in [5.74, 6) is -0.0369. The minimum atomic E-state index is -0.660.